The molecule has 0 spiro atoms. The van der Waals surface area contributed by atoms with Gasteiger partial charge in [0.05, 0.1) is 15.7 Å². The summed E-state index contributed by atoms with van der Waals surface area (Å²) in [5.41, 5.74) is 6.22. The molecule has 1 rings (SSSR count). The van der Waals surface area contributed by atoms with Crippen molar-refractivity contribution in [3.05, 3.63) is 22.2 Å². The smallest absolute Gasteiger partial charge is 0.250 e. The first-order valence-corrected chi connectivity index (χ1v) is 6.70. The lowest BCUT2D eigenvalue weighted by molar-refractivity contribution is -0.439. The Bertz CT molecular complexity index is 450. The maximum atomic E-state index is 11.4. The summed E-state index contributed by atoms with van der Waals surface area (Å²) in [5.74, 6) is -0.313. The minimum Gasteiger partial charge on any atom is -0.382 e. The Kier molecular flexibility index (Phi) is 6.07. The third-order valence-electron chi connectivity index (χ3n) is 2.81. The number of rotatable bonds is 7. The predicted octanol–water partition coefficient (Wildman–Crippen LogP) is 2.93. The Morgan fingerprint density at radius 1 is 1.47 bits per heavy atom. The third-order valence-corrected chi connectivity index (χ3v) is 3.43. The first kappa shape index (κ1) is 15.7. The standard InChI is InChI=1S/C12H17BrN2O4/c1-3-7(4-2)15-10-6-11(18-19-17)9(13)5-8(10)12(14)16/h5-7,15,17H,3-4H2,1-2H3,(H2,14,16). The summed E-state index contributed by atoms with van der Waals surface area (Å²) in [6, 6.07) is 3.27. The molecule has 0 fully saturated rings. The fourth-order valence-corrected chi connectivity index (χ4v) is 2.10. The second-order valence-corrected chi connectivity index (χ2v) is 4.86. The van der Waals surface area contributed by atoms with Crippen molar-refractivity contribution in [2.24, 2.45) is 5.73 Å². The second-order valence-electron chi connectivity index (χ2n) is 4.01. The van der Waals surface area contributed by atoms with Crippen LogP contribution in [0.4, 0.5) is 5.69 Å². The summed E-state index contributed by atoms with van der Waals surface area (Å²) >= 11 is 3.20. The van der Waals surface area contributed by atoms with Crippen LogP contribution in [0.15, 0.2) is 16.6 Å². The number of halogens is 1. The maximum absolute atomic E-state index is 11.4. The lowest BCUT2D eigenvalue weighted by Gasteiger charge is -2.19. The van der Waals surface area contributed by atoms with Crippen LogP contribution in [0.1, 0.15) is 37.0 Å². The molecule has 0 saturated heterocycles. The Morgan fingerprint density at radius 2 is 2.11 bits per heavy atom. The van der Waals surface area contributed by atoms with E-state index >= 15 is 0 Å². The molecule has 0 saturated carbocycles. The summed E-state index contributed by atoms with van der Waals surface area (Å²) in [6.45, 7) is 4.08. The van der Waals surface area contributed by atoms with Crippen LogP contribution in [0.2, 0.25) is 0 Å². The number of hydrogen-bond acceptors (Lipinski definition) is 5. The molecule has 0 aliphatic heterocycles. The van der Waals surface area contributed by atoms with E-state index in [4.69, 9.17) is 11.0 Å². The van der Waals surface area contributed by atoms with Gasteiger partial charge >= 0.3 is 0 Å². The van der Waals surface area contributed by atoms with Crippen molar-refractivity contribution in [1.82, 2.24) is 0 Å². The molecule has 0 aromatic heterocycles. The molecular weight excluding hydrogens is 316 g/mol. The van der Waals surface area contributed by atoms with E-state index in [2.05, 4.69) is 31.2 Å². The zero-order valence-electron chi connectivity index (χ0n) is 10.8. The molecule has 0 radical (unpaired) electrons. The van der Waals surface area contributed by atoms with E-state index in [-0.39, 0.29) is 11.8 Å². The van der Waals surface area contributed by atoms with Crippen LogP contribution < -0.4 is 15.9 Å². The zero-order chi connectivity index (χ0) is 14.4. The number of benzene rings is 1. The fourth-order valence-electron chi connectivity index (χ4n) is 1.69. The lowest BCUT2D eigenvalue weighted by Crippen LogP contribution is -2.21. The molecule has 0 unspecified atom stereocenters. The predicted molar refractivity (Wildman–Crippen MR) is 75.0 cm³/mol. The minimum atomic E-state index is -0.550. The summed E-state index contributed by atoms with van der Waals surface area (Å²) < 4.78 is 0.449. The van der Waals surface area contributed by atoms with Crippen LogP contribution in [0.25, 0.3) is 0 Å². The topological polar surface area (TPSA) is 93.8 Å². The van der Waals surface area contributed by atoms with Gasteiger partial charge in [-0.3, -0.25) is 4.79 Å². The zero-order valence-corrected chi connectivity index (χ0v) is 12.4. The summed E-state index contributed by atoms with van der Waals surface area (Å²) in [4.78, 5) is 16.0. The molecule has 1 aromatic rings. The van der Waals surface area contributed by atoms with Gasteiger partial charge in [-0.1, -0.05) is 13.8 Å². The van der Waals surface area contributed by atoms with E-state index in [0.29, 0.717) is 15.7 Å². The van der Waals surface area contributed by atoms with Gasteiger partial charge in [0.15, 0.2) is 5.75 Å². The molecule has 4 N–H and O–H groups in total. The molecule has 0 aliphatic carbocycles. The van der Waals surface area contributed by atoms with Crippen molar-refractivity contribution < 1.29 is 20.0 Å². The van der Waals surface area contributed by atoms with Crippen molar-refractivity contribution >= 4 is 27.5 Å². The quantitative estimate of drug-likeness (QED) is 0.527. The fraction of sp³-hybridized carbons (Fsp3) is 0.417. The SMILES string of the molecule is CCC(CC)Nc1cc(OOO)c(Br)cc1C(N)=O. The van der Waals surface area contributed by atoms with Crippen LogP contribution in [0, 0.1) is 0 Å². The summed E-state index contributed by atoms with van der Waals surface area (Å²) in [6.07, 6.45) is 1.80. The van der Waals surface area contributed by atoms with Gasteiger partial charge in [-0.15, -0.1) is 0 Å². The van der Waals surface area contributed by atoms with Crippen molar-refractivity contribution in [3.63, 3.8) is 0 Å². The number of primary amides is 1. The Labute approximate surface area is 119 Å². The highest BCUT2D eigenvalue weighted by atomic mass is 79.9. The van der Waals surface area contributed by atoms with Gasteiger partial charge in [0.25, 0.3) is 5.91 Å². The molecule has 1 amide bonds. The van der Waals surface area contributed by atoms with Gasteiger partial charge in [-0.05, 0) is 39.9 Å². The number of nitrogens with one attached hydrogen (secondary N) is 1. The molecule has 19 heavy (non-hydrogen) atoms. The van der Waals surface area contributed by atoms with Crippen LogP contribution in [-0.4, -0.2) is 17.2 Å². The van der Waals surface area contributed by atoms with Crippen molar-refractivity contribution in [2.45, 2.75) is 32.7 Å². The molecular formula is C12H17BrN2O4. The van der Waals surface area contributed by atoms with Gasteiger partial charge in [0.1, 0.15) is 0 Å². The Morgan fingerprint density at radius 3 is 2.58 bits per heavy atom. The second kappa shape index (κ2) is 7.32. The number of carbonyl (C=O) groups is 1. The number of nitrogens with two attached hydrogens (primary N) is 1. The van der Waals surface area contributed by atoms with E-state index in [0.717, 1.165) is 12.8 Å². The lowest BCUT2D eigenvalue weighted by atomic mass is 10.1. The summed E-state index contributed by atoms with van der Waals surface area (Å²) in [5, 5.41) is 15.2. The van der Waals surface area contributed by atoms with Crippen molar-refractivity contribution in [2.75, 3.05) is 5.32 Å². The highest BCUT2D eigenvalue weighted by molar-refractivity contribution is 9.10. The van der Waals surface area contributed by atoms with Gasteiger partial charge < -0.3 is 15.9 Å². The normalized spacial score (nSPS) is 10.6. The van der Waals surface area contributed by atoms with Crippen LogP contribution >= 0.6 is 15.9 Å². The Hall–Kier alpha value is -1.31. The first-order chi connectivity index (χ1) is 9.03. The van der Waals surface area contributed by atoms with Crippen molar-refractivity contribution in [3.8, 4) is 5.75 Å². The van der Waals surface area contributed by atoms with Gasteiger partial charge in [0.2, 0.25) is 0 Å². The van der Waals surface area contributed by atoms with Gasteiger partial charge in [-0.25, -0.2) is 5.26 Å². The molecule has 7 heteroatoms. The van der Waals surface area contributed by atoms with Gasteiger partial charge in [0, 0.05) is 12.1 Å². The average Bonchev–Trinajstić information content (AvgIpc) is 2.38. The molecule has 0 heterocycles. The highest BCUT2D eigenvalue weighted by Crippen LogP contribution is 2.32. The molecule has 1 aromatic carbocycles. The van der Waals surface area contributed by atoms with E-state index in [1.54, 1.807) is 6.07 Å². The molecule has 0 atom stereocenters. The van der Waals surface area contributed by atoms with Crippen LogP contribution in [0.3, 0.4) is 0 Å². The highest BCUT2D eigenvalue weighted by Gasteiger charge is 2.16. The minimum absolute atomic E-state index is 0.210. The van der Waals surface area contributed by atoms with E-state index in [1.165, 1.54) is 6.07 Å². The van der Waals surface area contributed by atoms with Crippen LogP contribution in [0.5, 0.6) is 5.75 Å². The van der Waals surface area contributed by atoms with Crippen molar-refractivity contribution in [1.29, 1.82) is 0 Å². The average molecular weight is 333 g/mol. The molecule has 106 valence electrons. The first-order valence-electron chi connectivity index (χ1n) is 5.91. The third kappa shape index (κ3) is 4.09. The maximum Gasteiger partial charge on any atom is 0.250 e. The number of anilines is 1. The van der Waals surface area contributed by atoms with Gasteiger partial charge in [-0.2, -0.15) is 0 Å². The number of amides is 1. The summed E-state index contributed by atoms with van der Waals surface area (Å²) in [7, 11) is 0. The van der Waals surface area contributed by atoms with Crippen LogP contribution in [-0.2, 0) is 5.04 Å². The monoisotopic (exact) mass is 332 g/mol. The Balaban J connectivity index is 3.16. The van der Waals surface area contributed by atoms with E-state index in [9.17, 15) is 4.79 Å². The molecule has 0 aliphatic rings. The molecule has 6 nitrogen and oxygen atoms in total. The molecule has 0 bridgehead atoms. The number of hydrogen-bond donors (Lipinski definition) is 3. The van der Waals surface area contributed by atoms with E-state index < -0.39 is 5.91 Å². The number of carbonyl (C=O) groups excluding carboxylic acids is 1. The largest absolute Gasteiger partial charge is 0.382 e. The van der Waals surface area contributed by atoms with E-state index in [1.807, 2.05) is 13.8 Å².